The van der Waals surface area contributed by atoms with E-state index >= 15 is 0 Å². The molecule has 0 saturated carbocycles. The smallest absolute Gasteiger partial charge is 0.123 e. The first-order chi connectivity index (χ1) is 7.24. The molecule has 3 nitrogen and oxygen atoms in total. The average Bonchev–Trinajstić information content (AvgIpc) is 2.29. The molecule has 15 heavy (non-hydrogen) atoms. The molecular formula is C12H14N2O. The van der Waals surface area contributed by atoms with E-state index in [9.17, 15) is 5.11 Å². The van der Waals surface area contributed by atoms with Crippen molar-refractivity contribution in [1.82, 2.24) is 0 Å². The lowest BCUT2D eigenvalue weighted by molar-refractivity contribution is 0.481. The number of fused-ring (bicyclic) bond motifs is 1. The maximum atomic E-state index is 9.68. The molecule has 78 valence electrons. The van der Waals surface area contributed by atoms with Gasteiger partial charge >= 0.3 is 0 Å². The first-order valence-electron chi connectivity index (χ1n) is 4.90. The summed E-state index contributed by atoms with van der Waals surface area (Å²) in [6.45, 7) is 0.398. The summed E-state index contributed by atoms with van der Waals surface area (Å²) in [5.41, 5.74) is 12.4. The van der Waals surface area contributed by atoms with Crippen molar-refractivity contribution < 1.29 is 5.11 Å². The Labute approximate surface area is 88.3 Å². The number of aromatic hydroxyl groups is 1. The molecule has 0 aliphatic heterocycles. The predicted octanol–water partition coefficient (Wildman–Crippen LogP) is 1.50. The normalized spacial score (nSPS) is 12.9. The number of rotatable bonds is 2. The molecule has 0 bridgehead atoms. The zero-order chi connectivity index (χ0) is 10.8. The van der Waals surface area contributed by atoms with E-state index in [1.54, 1.807) is 6.07 Å². The minimum atomic E-state index is -0.185. The van der Waals surface area contributed by atoms with Crippen molar-refractivity contribution in [2.45, 2.75) is 6.04 Å². The minimum absolute atomic E-state index is 0.185. The molecule has 0 saturated heterocycles. The van der Waals surface area contributed by atoms with E-state index in [0.717, 1.165) is 16.3 Å². The quantitative estimate of drug-likeness (QED) is 0.691. The Bertz CT molecular complexity index is 482. The van der Waals surface area contributed by atoms with Crippen LogP contribution in [0.4, 0.5) is 0 Å². The lowest BCUT2D eigenvalue weighted by atomic mass is 9.99. The molecule has 0 aliphatic carbocycles. The number of benzene rings is 2. The van der Waals surface area contributed by atoms with E-state index in [1.165, 1.54) is 0 Å². The first-order valence-corrected chi connectivity index (χ1v) is 4.90. The predicted molar refractivity (Wildman–Crippen MR) is 61.6 cm³/mol. The molecule has 0 radical (unpaired) electrons. The van der Waals surface area contributed by atoms with Gasteiger partial charge in [-0.1, -0.05) is 30.3 Å². The Balaban J connectivity index is 2.71. The van der Waals surface area contributed by atoms with Crippen LogP contribution < -0.4 is 11.5 Å². The highest BCUT2D eigenvalue weighted by atomic mass is 16.3. The van der Waals surface area contributed by atoms with Crippen molar-refractivity contribution in [2.75, 3.05) is 6.54 Å². The van der Waals surface area contributed by atoms with Crippen molar-refractivity contribution >= 4 is 10.8 Å². The van der Waals surface area contributed by atoms with Crippen LogP contribution in [0.1, 0.15) is 11.6 Å². The molecule has 5 N–H and O–H groups in total. The molecule has 0 unspecified atom stereocenters. The third kappa shape index (κ3) is 1.67. The molecule has 0 aliphatic rings. The summed E-state index contributed by atoms with van der Waals surface area (Å²) in [5.74, 6) is 0.276. The fourth-order valence-corrected chi connectivity index (χ4v) is 1.76. The third-order valence-corrected chi connectivity index (χ3v) is 2.59. The molecule has 0 aromatic heterocycles. The van der Waals surface area contributed by atoms with Crippen molar-refractivity contribution in [3.8, 4) is 5.75 Å². The second-order valence-electron chi connectivity index (χ2n) is 3.56. The molecule has 0 fully saturated rings. The molecule has 2 rings (SSSR count). The summed E-state index contributed by atoms with van der Waals surface area (Å²) in [7, 11) is 0. The molecule has 0 heterocycles. The fourth-order valence-electron chi connectivity index (χ4n) is 1.76. The van der Waals surface area contributed by atoms with Gasteiger partial charge in [-0.2, -0.15) is 0 Å². The second kappa shape index (κ2) is 3.88. The van der Waals surface area contributed by atoms with E-state index < -0.39 is 0 Å². The van der Waals surface area contributed by atoms with Crippen molar-refractivity contribution in [2.24, 2.45) is 11.5 Å². The van der Waals surface area contributed by atoms with Crippen molar-refractivity contribution in [3.63, 3.8) is 0 Å². The van der Waals surface area contributed by atoms with Gasteiger partial charge in [0.05, 0.1) is 0 Å². The minimum Gasteiger partial charge on any atom is -0.507 e. The Hall–Kier alpha value is -1.58. The molecule has 2 aromatic carbocycles. The van der Waals surface area contributed by atoms with Crippen LogP contribution in [-0.4, -0.2) is 11.7 Å². The molecule has 1 atom stereocenters. The standard InChI is InChI=1S/C12H14N2O/c13-7-11(14)9-5-6-12(15)10-4-2-1-3-8(9)10/h1-6,11,15H,7,13-14H2/t11-/m0/s1. The number of phenols is 1. The van der Waals surface area contributed by atoms with E-state index in [-0.39, 0.29) is 11.8 Å². The summed E-state index contributed by atoms with van der Waals surface area (Å²) in [5, 5.41) is 11.5. The van der Waals surface area contributed by atoms with Crippen LogP contribution in [0.5, 0.6) is 5.75 Å². The van der Waals surface area contributed by atoms with Gasteiger partial charge in [0.2, 0.25) is 0 Å². The molecule has 0 amide bonds. The van der Waals surface area contributed by atoms with E-state index in [0.29, 0.717) is 6.54 Å². The lowest BCUT2D eigenvalue weighted by Crippen LogP contribution is -2.20. The van der Waals surface area contributed by atoms with Gasteiger partial charge in [-0.3, -0.25) is 0 Å². The van der Waals surface area contributed by atoms with Gasteiger partial charge in [-0.25, -0.2) is 0 Å². The van der Waals surface area contributed by atoms with Crippen LogP contribution >= 0.6 is 0 Å². The summed E-state index contributed by atoms with van der Waals surface area (Å²) in [4.78, 5) is 0. The van der Waals surface area contributed by atoms with E-state index in [1.807, 2.05) is 30.3 Å². The highest BCUT2D eigenvalue weighted by Crippen LogP contribution is 2.29. The Morgan fingerprint density at radius 1 is 1.07 bits per heavy atom. The number of phenolic OH excluding ortho intramolecular Hbond substituents is 1. The molecule has 3 heteroatoms. The van der Waals surface area contributed by atoms with Crippen LogP contribution in [0.3, 0.4) is 0 Å². The maximum absolute atomic E-state index is 9.68. The third-order valence-electron chi connectivity index (χ3n) is 2.59. The Morgan fingerprint density at radius 2 is 1.73 bits per heavy atom. The van der Waals surface area contributed by atoms with Crippen LogP contribution in [0.2, 0.25) is 0 Å². The van der Waals surface area contributed by atoms with Crippen LogP contribution in [0.25, 0.3) is 10.8 Å². The molecule has 0 spiro atoms. The zero-order valence-corrected chi connectivity index (χ0v) is 8.35. The zero-order valence-electron chi connectivity index (χ0n) is 8.35. The Kier molecular flexibility index (Phi) is 2.58. The topological polar surface area (TPSA) is 72.3 Å². The number of hydrogen-bond acceptors (Lipinski definition) is 3. The van der Waals surface area contributed by atoms with Gasteiger partial charge in [0.1, 0.15) is 5.75 Å². The van der Waals surface area contributed by atoms with Crippen LogP contribution in [0.15, 0.2) is 36.4 Å². The van der Waals surface area contributed by atoms with Gasteiger partial charge in [0, 0.05) is 18.0 Å². The van der Waals surface area contributed by atoms with E-state index in [4.69, 9.17) is 11.5 Å². The maximum Gasteiger partial charge on any atom is 0.123 e. The monoisotopic (exact) mass is 202 g/mol. The van der Waals surface area contributed by atoms with Gasteiger partial charge in [-0.05, 0) is 17.0 Å². The second-order valence-corrected chi connectivity index (χ2v) is 3.56. The van der Waals surface area contributed by atoms with Gasteiger partial charge in [0.25, 0.3) is 0 Å². The largest absolute Gasteiger partial charge is 0.507 e. The first kappa shape index (κ1) is 9.96. The molecule has 2 aromatic rings. The van der Waals surface area contributed by atoms with Crippen LogP contribution in [0, 0.1) is 0 Å². The summed E-state index contributed by atoms with van der Waals surface area (Å²) in [6, 6.07) is 10.9. The summed E-state index contributed by atoms with van der Waals surface area (Å²) < 4.78 is 0. The Morgan fingerprint density at radius 3 is 2.40 bits per heavy atom. The molecular weight excluding hydrogens is 188 g/mol. The summed E-state index contributed by atoms with van der Waals surface area (Å²) >= 11 is 0. The van der Waals surface area contributed by atoms with Crippen molar-refractivity contribution in [3.05, 3.63) is 42.0 Å². The summed E-state index contributed by atoms with van der Waals surface area (Å²) in [6.07, 6.45) is 0. The van der Waals surface area contributed by atoms with Gasteiger partial charge in [-0.15, -0.1) is 0 Å². The van der Waals surface area contributed by atoms with Gasteiger partial charge in [0.15, 0.2) is 0 Å². The number of hydrogen-bond donors (Lipinski definition) is 3. The highest BCUT2D eigenvalue weighted by molar-refractivity contribution is 5.91. The van der Waals surface area contributed by atoms with Gasteiger partial charge < -0.3 is 16.6 Å². The average molecular weight is 202 g/mol. The van der Waals surface area contributed by atoms with E-state index in [2.05, 4.69) is 0 Å². The van der Waals surface area contributed by atoms with Crippen molar-refractivity contribution in [1.29, 1.82) is 0 Å². The van der Waals surface area contributed by atoms with Crippen LogP contribution in [-0.2, 0) is 0 Å². The number of nitrogens with two attached hydrogens (primary N) is 2. The fraction of sp³-hybridized carbons (Fsp3) is 0.167. The highest BCUT2D eigenvalue weighted by Gasteiger charge is 2.09. The SMILES string of the molecule is NC[C@H](N)c1ccc(O)c2ccccc12. The lowest BCUT2D eigenvalue weighted by Gasteiger charge is -2.13.